The second-order valence-electron chi connectivity index (χ2n) is 4.55. The number of carbonyl (C=O) groups excluding carboxylic acids is 1. The smallest absolute Gasteiger partial charge is 0.326 e. The van der Waals surface area contributed by atoms with E-state index in [0.29, 0.717) is 13.0 Å². The lowest BCUT2D eigenvalue weighted by molar-refractivity contribution is -0.147. The third-order valence-corrected chi connectivity index (χ3v) is 3.23. The number of amides is 1. The molecule has 2 atom stereocenters. The molecule has 1 aromatic rings. The largest absolute Gasteiger partial charge is 0.480 e. The van der Waals surface area contributed by atoms with E-state index < -0.39 is 12.0 Å². The zero-order chi connectivity index (χ0) is 13.8. The summed E-state index contributed by atoms with van der Waals surface area (Å²) in [6.45, 7) is 0.198. The molecule has 0 saturated carbocycles. The number of nitrogens with two attached hydrogens (primary N) is 1. The third kappa shape index (κ3) is 3.03. The molecule has 4 N–H and O–H groups in total. The molecule has 1 amide bonds. The fourth-order valence-corrected chi connectivity index (χ4v) is 2.34. The first kappa shape index (κ1) is 13.4. The first-order valence-electron chi connectivity index (χ1n) is 6.15. The number of aliphatic carboxylic acids is 1. The van der Waals surface area contributed by atoms with Crippen LogP contribution in [-0.4, -0.2) is 47.1 Å². The Labute approximate surface area is 111 Å². The SMILES string of the molecule is NCC(=O)N1C[C@H](Nc2ccccc2)C[C@H]1C(=O)O. The van der Waals surface area contributed by atoms with Crippen LogP contribution in [0.1, 0.15) is 6.42 Å². The van der Waals surface area contributed by atoms with Crippen LogP contribution in [0.15, 0.2) is 30.3 Å². The number of hydrogen-bond acceptors (Lipinski definition) is 4. The Hall–Kier alpha value is -2.08. The van der Waals surface area contributed by atoms with Crippen molar-refractivity contribution in [3.8, 4) is 0 Å². The van der Waals surface area contributed by atoms with Crippen molar-refractivity contribution < 1.29 is 14.7 Å². The summed E-state index contributed by atoms with van der Waals surface area (Å²) in [4.78, 5) is 24.1. The van der Waals surface area contributed by atoms with Crippen LogP contribution in [0.3, 0.4) is 0 Å². The molecule has 0 bridgehead atoms. The highest BCUT2D eigenvalue weighted by Gasteiger charge is 2.39. The zero-order valence-corrected chi connectivity index (χ0v) is 10.5. The Balaban J connectivity index is 2.05. The summed E-state index contributed by atoms with van der Waals surface area (Å²) in [5.41, 5.74) is 6.22. The van der Waals surface area contributed by atoms with Gasteiger partial charge in [0.2, 0.25) is 5.91 Å². The lowest BCUT2D eigenvalue weighted by Crippen LogP contribution is -2.43. The summed E-state index contributed by atoms with van der Waals surface area (Å²) < 4.78 is 0. The molecule has 0 radical (unpaired) electrons. The van der Waals surface area contributed by atoms with Gasteiger partial charge in [-0.2, -0.15) is 0 Å². The van der Waals surface area contributed by atoms with Crippen molar-refractivity contribution in [3.63, 3.8) is 0 Å². The van der Waals surface area contributed by atoms with Gasteiger partial charge < -0.3 is 21.1 Å². The molecule has 0 unspecified atom stereocenters. The highest BCUT2D eigenvalue weighted by molar-refractivity contribution is 5.85. The number of carboxylic acids is 1. The molecular formula is C13H17N3O3. The van der Waals surface area contributed by atoms with E-state index in [9.17, 15) is 9.59 Å². The van der Waals surface area contributed by atoms with Crippen LogP contribution in [0.5, 0.6) is 0 Å². The van der Waals surface area contributed by atoms with Crippen LogP contribution >= 0.6 is 0 Å². The van der Waals surface area contributed by atoms with E-state index in [1.165, 1.54) is 4.90 Å². The standard InChI is InChI=1S/C13H17N3O3/c14-7-12(17)16-8-10(6-11(16)13(18)19)15-9-4-2-1-3-5-9/h1-5,10-11,15H,6-8,14H2,(H,18,19)/t10-,11+/m1/s1. The van der Waals surface area contributed by atoms with Crippen molar-refractivity contribution in [2.75, 3.05) is 18.4 Å². The van der Waals surface area contributed by atoms with Crippen LogP contribution in [0, 0.1) is 0 Å². The molecule has 1 aliphatic heterocycles. The third-order valence-electron chi connectivity index (χ3n) is 3.23. The molecule has 1 aliphatic rings. The van der Waals surface area contributed by atoms with Crippen molar-refractivity contribution in [1.82, 2.24) is 4.90 Å². The van der Waals surface area contributed by atoms with Gasteiger partial charge in [0.1, 0.15) is 6.04 Å². The van der Waals surface area contributed by atoms with Crippen LogP contribution in [0.4, 0.5) is 5.69 Å². The molecule has 19 heavy (non-hydrogen) atoms. The molecule has 0 spiro atoms. The molecule has 0 aromatic heterocycles. The summed E-state index contributed by atoms with van der Waals surface area (Å²) in [6.07, 6.45) is 0.385. The van der Waals surface area contributed by atoms with Crippen LogP contribution in [0.25, 0.3) is 0 Å². The number of nitrogens with one attached hydrogen (secondary N) is 1. The van der Waals surface area contributed by atoms with Gasteiger partial charge in [0.25, 0.3) is 0 Å². The van der Waals surface area contributed by atoms with E-state index in [4.69, 9.17) is 10.8 Å². The van der Waals surface area contributed by atoms with Gasteiger partial charge in [-0.3, -0.25) is 4.79 Å². The van der Waals surface area contributed by atoms with Gasteiger partial charge in [0.05, 0.1) is 6.54 Å². The Morgan fingerprint density at radius 1 is 1.37 bits per heavy atom. The van der Waals surface area contributed by atoms with E-state index in [1.807, 2.05) is 30.3 Å². The molecular weight excluding hydrogens is 246 g/mol. The minimum Gasteiger partial charge on any atom is -0.480 e. The Morgan fingerprint density at radius 3 is 2.63 bits per heavy atom. The fourth-order valence-electron chi connectivity index (χ4n) is 2.34. The summed E-state index contributed by atoms with van der Waals surface area (Å²) >= 11 is 0. The second kappa shape index (κ2) is 5.71. The topological polar surface area (TPSA) is 95.7 Å². The minimum atomic E-state index is -0.987. The van der Waals surface area contributed by atoms with Gasteiger partial charge in [0.15, 0.2) is 0 Å². The molecule has 0 aliphatic carbocycles. The van der Waals surface area contributed by atoms with Crippen molar-refractivity contribution in [2.45, 2.75) is 18.5 Å². The second-order valence-corrected chi connectivity index (χ2v) is 4.55. The first-order chi connectivity index (χ1) is 9.11. The Morgan fingerprint density at radius 2 is 2.05 bits per heavy atom. The minimum absolute atomic E-state index is 0.0704. The molecule has 102 valence electrons. The first-order valence-corrected chi connectivity index (χ1v) is 6.15. The van der Waals surface area contributed by atoms with Crippen LogP contribution in [-0.2, 0) is 9.59 Å². The van der Waals surface area contributed by atoms with E-state index in [2.05, 4.69) is 5.32 Å². The lowest BCUT2D eigenvalue weighted by atomic mass is 10.1. The monoisotopic (exact) mass is 263 g/mol. The Kier molecular flexibility index (Phi) is 4.01. The van der Waals surface area contributed by atoms with Crippen LogP contribution in [0.2, 0.25) is 0 Å². The van der Waals surface area contributed by atoms with Gasteiger partial charge in [-0.05, 0) is 12.1 Å². The number of hydrogen-bond donors (Lipinski definition) is 3. The molecule has 6 heteroatoms. The average Bonchev–Trinajstić information content (AvgIpc) is 2.83. The maximum Gasteiger partial charge on any atom is 0.326 e. The predicted octanol–water partition coefficient (Wildman–Crippen LogP) is 0.111. The molecule has 1 heterocycles. The maximum absolute atomic E-state index is 11.6. The zero-order valence-electron chi connectivity index (χ0n) is 10.5. The van der Waals surface area contributed by atoms with E-state index in [1.54, 1.807) is 0 Å². The summed E-state index contributed by atoms with van der Waals surface area (Å²) in [5, 5.41) is 12.4. The van der Waals surface area contributed by atoms with Crippen molar-refractivity contribution in [3.05, 3.63) is 30.3 Å². The Bertz CT molecular complexity index is 463. The van der Waals surface area contributed by atoms with E-state index >= 15 is 0 Å². The number of benzene rings is 1. The number of carbonyl (C=O) groups is 2. The van der Waals surface area contributed by atoms with Crippen molar-refractivity contribution in [1.29, 1.82) is 0 Å². The number of para-hydroxylation sites is 1. The highest BCUT2D eigenvalue weighted by Crippen LogP contribution is 2.21. The number of nitrogens with zero attached hydrogens (tertiary/aromatic N) is 1. The summed E-state index contributed by atoms with van der Waals surface area (Å²) in [7, 11) is 0. The maximum atomic E-state index is 11.6. The van der Waals surface area contributed by atoms with E-state index in [0.717, 1.165) is 5.69 Å². The molecule has 1 saturated heterocycles. The van der Waals surface area contributed by atoms with E-state index in [-0.39, 0.29) is 18.5 Å². The number of likely N-dealkylation sites (tertiary alicyclic amines) is 1. The molecule has 1 fully saturated rings. The normalized spacial score (nSPS) is 22.3. The fraction of sp³-hybridized carbons (Fsp3) is 0.385. The van der Waals surface area contributed by atoms with Gasteiger partial charge >= 0.3 is 5.97 Å². The van der Waals surface area contributed by atoms with Gasteiger partial charge in [-0.25, -0.2) is 4.79 Å². The molecule has 1 aromatic carbocycles. The highest BCUT2D eigenvalue weighted by atomic mass is 16.4. The van der Waals surface area contributed by atoms with Gasteiger partial charge in [-0.15, -0.1) is 0 Å². The number of rotatable bonds is 4. The predicted molar refractivity (Wildman–Crippen MR) is 70.7 cm³/mol. The van der Waals surface area contributed by atoms with Crippen molar-refractivity contribution in [2.24, 2.45) is 5.73 Å². The number of anilines is 1. The lowest BCUT2D eigenvalue weighted by Gasteiger charge is -2.20. The van der Waals surface area contributed by atoms with Gasteiger partial charge in [-0.1, -0.05) is 18.2 Å². The quantitative estimate of drug-likeness (QED) is 0.716. The van der Waals surface area contributed by atoms with Crippen molar-refractivity contribution >= 4 is 17.6 Å². The van der Waals surface area contributed by atoms with Gasteiger partial charge in [0, 0.05) is 24.7 Å². The number of carboxylic acid groups (broad SMARTS) is 1. The summed E-state index contributed by atoms with van der Waals surface area (Å²) in [5.74, 6) is -1.32. The molecule has 6 nitrogen and oxygen atoms in total. The van der Waals surface area contributed by atoms with Crippen LogP contribution < -0.4 is 11.1 Å². The molecule has 2 rings (SSSR count). The summed E-state index contributed by atoms with van der Waals surface area (Å²) in [6, 6.07) is 8.65. The average molecular weight is 263 g/mol.